The summed E-state index contributed by atoms with van der Waals surface area (Å²) in [5.41, 5.74) is 4.82. The number of benzene rings is 3. The van der Waals surface area contributed by atoms with Crippen LogP contribution >= 0.6 is 35.7 Å². The van der Waals surface area contributed by atoms with Gasteiger partial charge < -0.3 is 36.3 Å². The second-order valence-electron chi connectivity index (χ2n) is 7.30. The van der Waals surface area contributed by atoms with Crippen molar-refractivity contribution >= 4 is 85.5 Å². The van der Waals surface area contributed by atoms with E-state index < -0.39 is 20.8 Å². The Labute approximate surface area is 343 Å². The standard InChI is InChI=1S/C19H14ClN7O11S3.Cu.3Na/c20-17-23-18(21)25-19(24-17)22-11-6-9(41(32,33)34)3-7-4-13(40-38-36-31)15(16(29)14(7)11)27-26-10-5-8(39-37-35-30)1-2-12(10)28;;;;/h1-6,28-31H,(H,32,33,34)(H3,21,22,23,24,25);;;;/q;;3*+1/p-3. The number of nitrogens with two attached hydrogens (primary N) is 1. The van der Waals surface area contributed by atoms with Gasteiger partial charge in [0.15, 0.2) is 5.75 Å². The minimum Gasteiger partial charge on any atom is -0.744 e. The van der Waals surface area contributed by atoms with Gasteiger partial charge in [0.2, 0.25) is 17.2 Å². The summed E-state index contributed by atoms with van der Waals surface area (Å²) in [5.74, 6) is -1.63. The number of nitrogens with zero attached hydrogens (tertiary/aromatic N) is 5. The zero-order valence-electron chi connectivity index (χ0n) is 22.8. The fourth-order valence-corrected chi connectivity index (χ4v) is 4.83. The molecule has 4 aromatic rings. The van der Waals surface area contributed by atoms with E-state index in [2.05, 4.69) is 49.2 Å². The summed E-state index contributed by atoms with van der Waals surface area (Å²) in [4.78, 5) is 10.6. The number of rotatable bonds is 11. The second-order valence-corrected chi connectivity index (χ2v) is 10.5. The van der Waals surface area contributed by atoms with E-state index in [-0.39, 0.29) is 178 Å². The quantitative estimate of drug-likeness (QED) is 0.0275. The van der Waals surface area contributed by atoms with Crippen LogP contribution < -0.4 is 110 Å². The van der Waals surface area contributed by atoms with E-state index in [4.69, 9.17) is 17.3 Å². The predicted molar refractivity (Wildman–Crippen MR) is 134 cm³/mol. The molecule has 0 amide bonds. The van der Waals surface area contributed by atoms with Gasteiger partial charge in [0.1, 0.15) is 27.2 Å². The molecular formula is C19H11ClCuN7Na3O11S3. The Morgan fingerprint density at radius 2 is 1.62 bits per heavy atom. The number of phenolic OH excluding ortho intramolecular Hbond substituents is 2. The van der Waals surface area contributed by atoms with Crippen LogP contribution in [0.5, 0.6) is 11.5 Å². The summed E-state index contributed by atoms with van der Waals surface area (Å²) in [6.45, 7) is 0. The Morgan fingerprint density at radius 1 is 0.956 bits per heavy atom. The van der Waals surface area contributed by atoms with Gasteiger partial charge in [0, 0.05) is 27.4 Å². The molecule has 0 bridgehead atoms. The average molecular weight is 778 g/mol. The van der Waals surface area contributed by atoms with Crippen molar-refractivity contribution in [3.63, 3.8) is 0 Å². The van der Waals surface area contributed by atoms with Crippen molar-refractivity contribution in [3.8, 4) is 11.5 Å². The molecule has 227 valence electrons. The topological polar surface area (TPSA) is 282 Å². The zero-order valence-corrected chi connectivity index (χ0v) is 32.9. The van der Waals surface area contributed by atoms with Gasteiger partial charge >= 0.3 is 88.7 Å². The van der Waals surface area contributed by atoms with Gasteiger partial charge in [0.05, 0.1) is 39.6 Å². The number of anilines is 3. The molecule has 18 nitrogen and oxygen atoms in total. The number of aromatic hydroxyl groups is 2. The Hall–Kier alpha value is -0.0905. The molecule has 3 aromatic carbocycles. The van der Waals surface area contributed by atoms with Crippen LogP contribution in [0.1, 0.15) is 0 Å². The number of halogens is 1. The van der Waals surface area contributed by atoms with E-state index in [1.165, 1.54) is 24.3 Å². The van der Waals surface area contributed by atoms with Gasteiger partial charge in [-0.3, -0.25) is 10.1 Å². The molecule has 0 aliphatic rings. The first kappa shape index (κ1) is 44.9. The maximum Gasteiger partial charge on any atom is 1.00 e. The second kappa shape index (κ2) is 20.4. The molecule has 0 saturated heterocycles. The van der Waals surface area contributed by atoms with Crippen LogP contribution in [0.25, 0.3) is 10.8 Å². The summed E-state index contributed by atoms with van der Waals surface area (Å²) in [5, 5.41) is 58.5. The molecule has 0 unspecified atom stereocenters. The van der Waals surface area contributed by atoms with Crippen molar-refractivity contribution in [3.05, 3.63) is 41.7 Å². The normalized spacial score (nSPS) is 10.8. The molecule has 0 aliphatic carbocycles. The number of nitrogen functional groups attached to an aromatic ring is 1. The van der Waals surface area contributed by atoms with Gasteiger partial charge in [-0.1, -0.05) is 0 Å². The van der Waals surface area contributed by atoms with Crippen molar-refractivity contribution in [2.45, 2.75) is 14.7 Å². The molecule has 45 heavy (non-hydrogen) atoms. The van der Waals surface area contributed by atoms with Gasteiger partial charge in [-0.15, -0.1) is 10.2 Å². The third kappa shape index (κ3) is 12.1. The minimum atomic E-state index is -5.04. The van der Waals surface area contributed by atoms with Crippen LogP contribution in [-0.4, -0.2) is 38.1 Å². The Kier molecular flexibility index (Phi) is 20.4. The van der Waals surface area contributed by atoms with Gasteiger partial charge in [-0.05, 0) is 53.4 Å². The molecule has 26 heteroatoms. The summed E-state index contributed by atoms with van der Waals surface area (Å²) < 4.78 is 44.2. The molecule has 0 spiro atoms. The molecule has 1 radical (unpaired) electrons. The maximum atomic E-state index is 11.9. The average Bonchev–Trinajstić information content (AvgIpc) is 2.90. The maximum absolute atomic E-state index is 11.9. The first-order chi connectivity index (χ1) is 19.5. The number of azo groups is 1. The Balaban J connectivity index is 0.00000484. The fraction of sp³-hybridized carbons (Fsp3) is 0. The molecule has 1 aromatic heterocycles. The van der Waals surface area contributed by atoms with Crippen molar-refractivity contribution < 1.29 is 158 Å². The summed E-state index contributed by atoms with van der Waals surface area (Å²) in [6.07, 6.45) is 0. The Bertz CT molecular complexity index is 1750. The summed E-state index contributed by atoms with van der Waals surface area (Å²) in [7, 11) is -5.04. The van der Waals surface area contributed by atoms with E-state index >= 15 is 0 Å². The third-order valence-corrected chi connectivity index (χ3v) is 6.96. The molecule has 0 saturated carbocycles. The molecule has 1 heterocycles. The van der Waals surface area contributed by atoms with Crippen LogP contribution in [0, 0.1) is 0 Å². The van der Waals surface area contributed by atoms with E-state index in [0.29, 0.717) is 12.0 Å². The van der Waals surface area contributed by atoms with Crippen molar-refractivity contribution in [1.82, 2.24) is 15.0 Å². The molecule has 4 rings (SSSR count). The zero-order chi connectivity index (χ0) is 29.7. The number of aromatic nitrogens is 3. The molecule has 0 atom stereocenters. The Morgan fingerprint density at radius 3 is 2.24 bits per heavy atom. The first-order valence-corrected chi connectivity index (χ1v) is 13.5. The van der Waals surface area contributed by atoms with Crippen molar-refractivity contribution in [1.29, 1.82) is 0 Å². The van der Waals surface area contributed by atoms with Crippen LogP contribution in [0.15, 0.2) is 61.3 Å². The van der Waals surface area contributed by atoms with E-state index in [0.717, 1.165) is 12.1 Å². The van der Waals surface area contributed by atoms with Crippen molar-refractivity contribution in [2.75, 3.05) is 11.1 Å². The summed E-state index contributed by atoms with van der Waals surface area (Å²) >= 11 is 6.56. The van der Waals surface area contributed by atoms with E-state index in [1.54, 1.807) is 0 Å². The van der Waals surface area contributed by atoms with Crippen LogP contribution in [0.2, 0.25) is 5.28 Å². The van der Waals surface area contributed by atoms with Crippen LogP contribution in [0.4, 0.5) is 29.0 Å². The fourth-order valence-electron chi connectivity index (χ4n) is 3.25. The third-order valence-electron chi connectivity index (χ3n) is 4.80. The van der Waals surface area contributed by atoms with Crippen LogP contribution in [-0.2, 0) is 45.9 Å². The number of hydrogen-bond acceptors (Lipinski definition) is 20. The van der Waals surface area contributed by atoms with Crippen molar-refractivity contribution in [2.24, 2.45) is 10.2 Å². The summed E-state index contributed by atoms with van der Waals surface area (Å²) in [6, 6.07) is 6.82. The van der Waals surface area contributed by atoms with Gasteiger partial charge in [-0.2, -0.15) is 23.6 Å². The largest absolute Gasteiger partial charge is 1.00 e. The van der Waals surface area contributed by atoms with Gasteiger partial charge in [-0.25, -0.2) is 8.42 Å². The number of hydrogen-bond donors (Lipinski definition) is 4. The number of nitrogens with one attached hydrogen (secondary N) is 1. The minimum absolute atomic E-state index is 0. The molecule has 0 fully saturated rings. The smallest absolute Gasteiger partial charge is 0.744 e. The number of phenols is 2. The number of fused-ring (bicyclic) bond motifs is 1. The van der Waals surface area contributed by atoms with Gasteiger partial charge in [0.25, 0.3) is 0 Å². The van der Waals surface area contributed by atoms with E-state index in [9.17, 15) is 33.7 Å². The molecule has 0 aliphatic heterocycles. The monoisotopic (exact) mass is 776 g/mol. The predicted octanol–water partition coefficient (Wildman–Crippen LogP) is -6.79. The SMILES string of the molecule is Nc1nc(Cl)nc(Nc2cc(S(=O)(=O)[O-])cc3cc(SOO[O-])c(N=Nc4cc(SOO[O-])ccc4O)c(O)c23)n1.[Cu].[Na+].[Na+].[Na+]. The van der Waals surface area contributed by atoms with E-state index in [1.807, 2.05) is 0 Å². The van der Waals surface area contributed by atoms with Crippen LogP contribution in [0.3, 0.4) is 0 Å². The first-order valence-electron chi connectivity index (χ1n) is 10.2. The molecular weight excluding hydrogens is 766 g/mol. The molecule has 5 N–H and O–H groups in total.